The quantitative estimate of drug-likeness (QED) is 0.424. The largest absolute Gasteiger partial charge is 0.493 e. The molecule has 1 heterocycles. The number of hydrogen-bond acceptors (Lipinski definition) is 7. The van der Waals surface area contributed by atoms with Crippen LogP contribution in [0.2, 0.25) is 5.02 Å². The van der Waals surface area contributed by atoms with E-state index in [9.17, 15) is 4.39 Å². The third-order valence-electron chi connectivity index (χ3n) is 4.84. The highest BCUT2D eigenvalue weighted by atomic mass is 35.5. The van der Waals surface area contributed by atoms with Gasteiger partial charge in [0.25, 0.3) is 0 Å². The third-order valence-corrected chi connectivity index (χ3v) is 5.13. The highest BCUT2D eigenvalue weighted by molar-refractivity contribution is 6.31. The summed E-state index contributed by atoms with van der Waals surface area (Å²) in [5, 5.41) is 13.0. The second-order valence-electron chi connectivity index (χ2n) is 6.86. The highest BCUT2D eigenvalue weighted by Gasteiger charge is 2.13. The normalized spacial score (nSPS) is 11.2. The van der Waals surface area contributed by atoms with Gasteiger partial charge in [-0.2, -0.15) is 0 Å². The first-order chi connectivity index (χ1) is 15.0. The molecule has 0 unspecified atom stereocenters. The predicted molar refractivity (Wildman–Crippen MR) is 120 cm³/mol. The number of benzene rings is 2. The zero-order chi connectivity index (χ0) is 22.2. The van der Waals surface area contributed by atoms with Crippen molar-refractivity contribution < 1.29 is 19.0 Å². The molecule has 2 N–H and O–H groups in total. The van der Waals surface area contributed by atoms with E-state index in [0.717, 1.165) is 24.9 Å². The molecule has 2 aromatic carbocycles. The molecule has 0 atom stereocenters. The topological polar surface area (TPSA) is 79.7 Å². The molecular weight excluding hydrogens is 423 g/mol. The number of aromatic nitrogens is 2. The number of fused-ring (bicyclic) bond motifs is 1. The molecular formula is C22H26ClFN4O3. The van der Waals surface area contributed by atoms with Crippen LogP contribution in [0.1, 0.15) is 13.3 Å². The van der Waals surface area contributed by atoms with Gasteiger partial charge in [0.2, 0.25) is 0 Å². The van der Waals surface area contributed by atoms with Crippen molar-refractivity contribution in [2.45, 2.75) is 13.3 Å². The Hall–Kier alpha value is -2.68. The Morgan fingerprint density at radius 1 is 1.16 bits per heavy atom. The van der Waals surface area contributed by atoms with Gasteiger partial charge >= 0.3 is 0 Å². The minimum Gasteiger partial charge on any atom is -0.493 e. The number of methoxy groups -OCH3 is 1. The molecule has 0 aliphatic heterocycles. The van der Waals surface area contributed by atoms with E-state index in [2.05, 4.69) is 27.1 Å². The first-order valence-corrected chi connectivity index (χ1v) is 10.4. The number of hydrogen-bond donors (Lipinski definition) is 2. The predicted octanol–water partition coefficient (Wildman–Crippen LogP) is 4.26. The zero-order valence-electron chi connectivity index (χ0n) is 17.6. The molecule has 3 rings (SSSR count). The van der Waals surface area contributed by atoms with E-state index < -0.39 is 5.82 Å². The molecule has 3 aromatic rings. The number of anilines is 2. The van der Waals surface area contributed by atoms with Gasteiger partial charge in [0.05, 0.1) is 30.9 Å². The summed E-state index contributed by atoms with van der Waals surface area (Å²) in [6.07, 6.45) is 2.25. The summed E-state index contributed by atoms with van der Waals surface area (Å²) in [4.78, 5) is 10.8. The van der Waals surface area contributed by atoms with E-state index >= 15 is 0 Å². The number of nitrogens with zero attached hydrogens (tertiary/aromatic N) is 3. The molecule has 166 valence electrons. The Labute approximate surface area is 185 Å². The first-order valence-electron chi connectivity index (χ1n) is 10.1. The number of rotatable bonds is 11. The van der Waals surface area contributed by atoms with Crippen LogP contribution in [0.3, 0.4) is 0 Å². The van der Waals surface area contributed by atoms with Crippen molar-refractivity contribution in [3.05, 3.63) is 47.5 Å². The van der Waals surface area contributed by atoms with Gasteiger partial charge in [-0.1, -0.05) is 18.5 Å². The highest BCUT2D eigenvalue weighted by Crippen LogP contribution is 2.35. The standard InChI is InChI=1S/C22H26ClFN4O3/c1-3-28(8-9-29)7-4-10-31-21-12-16-19(13-20(21)30-2)25-14-26-22(16)27-15-5-6-18(24)17(23)11-15/h5-6,11-14,29H,3-4,7-10H2,1-2H3,(H,25,26,27). The number of ether oxygens (including phenoxy) is 2. The van der Waals surface area contributed by atoms with Gasteiger partial charge in [-0.05, 0) is 37.2 Å². The van der Waals surface area contributed by atoms with Gasteiger partial charge in [-0.15, -0.1) is 0 Å². The fraction of sp³-hybridized carbons (Fsp3) is 0.364. The van der Waals surface area contributed by atoms with Crippen LogP contribution in [-0.4, -0.2) is 59.9 Å². The number of aliphatic hydroxyl groups is 1. The molecule has 0 aliphatic carbocycles. The minimum absolute atomic E-state index is 0.0244. The number of nitrogens with one attached hydrogen (secondary N) is 1. The second kappa shape index (κ2) is 11.1. The number of likely N-dealkylation sites (N-methyl/N-ethyl adjacent to an activating group) is 1. The lowest BCUT2D eigenvalue weighted by Crippen LogP contribution is -2.28. The lowest BCUT2D eigenvalue weighted by Gasteiger charge is -2.19. The molecule has 0 fully saturated rings. The smallest absolute Gasteiger partial charge is 0.162 e. The van der Waals surface area contributed by atoms with Crippen LogP contribution in [0.5, 0.6) is 11.5 Å². The summed E-state index contributed by atoms with van der Waals surface area (Å²) in [6, 6.07) is 7.99. The first kappa shape index (κ1) is 23.0. The third kappa shape index (κ3) is 5.94. The Morgan fingerprint density at radius 2 is 2.00 bits per heavy atom. The fourth-order valence-corrected chi connectivity index (χ4v) is 3.37. The van der Waals surface area contributed by atoms with Crippen molar-refractivity contribution >= 4 is 34.0 Å². The van der Waals surface area contributed by atoms with Gasteiger partial charge in [0.15, 0.2) is 11.5 Å². The maximum Gasteiger partial charge on any atom is 0.162 e. The van der Waals surface area contributed by atoms with Crippen LogP contribution in [0.15, 0.2) is 36.7 Å². The molecule has 1 aromatic heterocycles. The molecule has 0 bridgehead atoms. The molecule has 7 nitrogen and oxygen atoms in total. The Bertz CT molecular complexity index is 1020. The number of aliphatic hydroxyl groups excluding tert-OH is 1. The average Bonchev–Trinajstić information content (AvgIpc) is 2.78. The Balaban J connectivity index is 1.80. The van der Waals surface area contributed by atoms with Gasteiger partial charge in [0, 0.05) is 30.2 Å². The van der Waals surface area contributed by atoms with Gasteiger partial charge < -0.3 is 24.8 Å². The maximum absolute atomic E-state index is 13.5. The van der Waals surface area contributed by atoms with E-state index in [4.69, 9.17) is 26.2 Å². The van der Waals surface area contributed by atoms with Crippen LogP contribution in [-0.2, 0) is 0 Å². The lowest BCUT2D eigenvalue weighted by molar-refractivity contribution is 0.188. The second-order valence-corrected chi connectivity index (χ2v) is 7.26. The molecule has 0 aliphatic rings. The van der Waals surface area contributed by atoms with Crippen molar-refractivity contribution in [1.82, 2.24) is 14.9 Å². The molecule has 0 saturated carbocycles. The molecule has 0 radical (unpaired) electrons. The van der Waals surface area contributed by atoms with Crippen LogP contribution >= 0.6 is 11.6 Å². The molecule has 0 amide bonds. The zero-order valence-corrected chi connectivity index (χ0v) is 18.3. The van der Waals surface area contributed by atoms with Crippen LogP contribution in [0.4, 0.5) is 15.9 Å². The summed E-state index contributed by atoms with van der Waals surface area (Å²) < 4.78 is 24.9. The van der Waals surface area contributed by atoms with Gasteiger partial charge in [0.1, 0.15) is 18.0 Å². The van der Waals surface area contributed by atoms with Crippen molar-refractivity contribution in [3.63, 3.8) is 0 Å². The summed E-state index contributed by atoms with van der Waals surface area (Å²) in [6.45, 7) is 5.05. The van der Waals surface area contributed by atoms with Crippen molar-refractivity contribution in [1.29, 1.82) is 0 Å². The molecule has 31 heavy (non-hydrogen) atoms. The number of halogens is 2. The monoisotopic (exact) mass is 448 g/mol. The van der Waals surface area contributed by atoms with Crippen LogP contribution in [0, 0.1) is 5.82 Å². The van der Waals surface area contributed by atoms with Crippen LogP contribution < -0.4 is 14.8 Å². The van der Waals surface area contributed by atoms with Crippen molar-refractivity contribution in [2.24, 2.45) is 0 Å². The Kier molecular flexibility index (Phi) is 8.22. The van der Waals surface area contributed by atoms with Gasteiger partial charge in [-0.25, -0.2) is 14.4 Å². The lowest BCUT2D eigenvalue weighted by atomic mass is 10.2. The minimum atomic E-state index is -0.485. The summed E-state index contributed by atoms with van der Waals surface area (Å²) in [5.74, 6) is 1.21. The maximum atomic E-state index is 13.5. The summed E-state index contributed by atoms with van der Waals surface area (Å²) in [7, 11) is 1.58. The van der Waals surface area contributed by atoms with E-state index in [-0.39, 0.29) is 11.6 Å². The van der Waals surface area contributed by atoms with E-state index in [0.29, 0.717) is 41.7 Å². The molecule has 0 spiro atoms. The Morgan fingerprint density at radius 3 is 2.71 bits per heavy atom. The fourth-order valence-electron chi connectivity index (χ4n) is 3.19. The van der Waals surface area contributed by atoms with Crippen LogP contribution in [0.25, 0.3) is 10.9 Å². The van der Waals surface area contributed by atoms with E-state index in [1.165, 1.54) is 18.5 Å². The average molecular weight is 449 g/mol. The van der Waals surface area contributed by atoms with Crippen molar-refractivity contribution in [2.75, 3.05) is 45.3 Å². The van der Waals surface area contributed by atoms with E-state index in [1.807, 2.05) is 6.07 Å². The SMILES string of the molecule is CCN(CCO)CCCOc1cc2c(Nc3ccc(F)c(Cl)c3)ncnc2cc1OC. The summed E-state index contributed by atoms with van der Waals surface area (Å²) >= 11 is 5.88. The van der Waals surface area contributed by atoms with Crippen molar-refractivity contribution in [3.8, 4) is 11.5 Å². The van der Waals surface area contributed by atoms with Gasteiger partial charge in [-0.3, -0.25) is 0 Å². The van der Waals surface area contributed by atoms with E-state index in [1.54, 1.807) is 19.2 Å². The summed E-state index contributed by atoms with van der Waals surface area (Å²) in [5.41, 5.74) is 1.28. The molecule has 0 saturated heterocycles. The molecule has 9 heteroatoms.